The SMILES string of the molecule is CNc1ccc(C(=O)NC2C(C)(C)C2(C)C)cc1[N+](=O)[O-]. The molecule has 0 aromatic heterocycles. The van der Waals surface area contributed by atoms with Crippen molar-refractivity contribution in [3.05, 3.63) is 33.9 Å². The third-order valence-corrected chi connectivity index (χ3v) is 5.02. The number of nitro groups is 1. The number of hydrogen-bond donors (Lipinski definition) is 2. The molecule has 1 saturated carbocycles. The van der Waals surface area contributed by atoms with Gasteiger partial charge in [-0.1, -0.05) is 27.7 Å². The molecule has 1 aliphatic rings. The average molecular weight is 291 g/mol. The highest BCUT2D eigenvalue weighted by atomic mass is 16.6. The fourth-order valence-corrected chi connectivity index (χ4v) is 2.81. The Morgan fingerprint density at radius 3 is 2.24 bits per heavy atom. The number of nitrogens with zero attached hydrogens (tertiary/aromatic N) is 1. The predicted molar refractivity (Wildman–Crippen MR) is 81.5 cm³/mol. The molecule has 0 heterocycles. The molecule has 0 aliphatic heterocycles. The molecule has 0 unspecified atom stereocenters. The minimum Gasteiger partial charge on any atom is -0.383 e. The van der Waals surface area contributed by atoms with Gasteiger partial charge in [-0.3, -0.25) is 14.9 Å². The minimum absolute atomic E-state index is 0.0273. The zero-order valence-corrected chi connectivity index (χ0v) is 13.0. The Morgan fingerprint density at radius 1 is 1.24 bits per heavy atom. The number of amides is 1. The van der Waals surface area contributed by atoms with Crippen molar-refractivity contribution in [1.29, 1.82) is 0 Å². The monoisotopic (exact) mass is 291 g/mol. The van der Waals surface area contributed by atoms with Crippen molar-refractivity contribution in [1.82, 2.24) is 5.32 Å². The van der Waals surface area contributed by atoms with Gasteiger partial charge in [0.15, 0.2) is 0 Å². The van der Waals surface area contributed by atoms with Crippen LogP contribution in [-0.4, -0.2) is 23.9 Å². The van der Waals surface area contributed by atoms with Crippen LogP contribution in [0.4, 0.5) is 11.4 Å². The van der Waals surface area contributed by atoms with E-state index in [1.54, 1.807) is 19.2 Å². The molecule has 0 spiro atoms. The van der Waals surface area contributed by atoms with Gasteiger partial charge in [0.1, 0.15) is 5.69 Å². The van der Waals surface area contributed by atoms with Gasteiger partial charge in [0.2, 0.25) is 0 Å². The van der Waals surface area contributed by atoms with E-state index in [9.17, 15) is 14.9 Å². The Morgan fingerprint density at radius 2 is 1.81 bits per heavy atom. The molecule has 2 N–H and O–H groups in total. The Hall–Kier alpha value is -2.11. The number of benzene rings is 1. The lowest BCUT2D eigenvalue weighted by Crippen LogP contribution is -2.29. The first-order chi connectivity index (χ1) is 9.62. The van der Waals surface area contributed by atoms with Crippen molar-refractivity contribution in [2.75, 3.05) is 12.4 Å². The van der Waals surface area contributed by atoms with Gasteiger partial charge in [-0.2, -0.15) is 0 Å². The van der Waals surface area contributed by atoms with E-state index >= 15 is 0 Å². The molecule has 21 heavy (non-hydrogen) atoms. The van der Waals surface area contributed by atoms with Crippen LogP contribution in [0.2, 0.25) is 0 Å². The molecular formula is C15H21N3O3. The van der Waals surface area contributed by atoms with E-state index in [2.05, 4.69) is 38.3 Å². The van der Waals surface area contributed by atoms with Crippen molar-refractivity contribution >= 4 is 17.3 Å². The molecule has 6 heteroatoms. The second kappa shape index (κ2) is 4.72. The van der Waals surface area contributed by atoms with Crippen LogP contribution < -0.4 is 10.6 Å². The van der Waals surface area contributed by atoms with Crippen LogP contribution in [0.1, 0.15) is 38.1 Å². The largest absolute Gasteiger partial charge is 0.383 e. The van der Waals surface area contributed by atoms with Gasteiger partial charge in [-0.05, 0) is 23.0 Å². The maximum atomic E-state index is 12.3. The molecule has 1 amide bonds. The van der Waals surface area contributed by atoms with Crippen LogP contribution in [0.25, 0.3) is 0 Å². The molecule has 6 nitrogen and oxygen atoms in total. The summed E-state index contributed by atoms with van der Waals surface area (Å²) in [6.45, 7) is 8.41. The van der Waals surface area contributed by atoms with E-state index in [4.69, 9.17) is 0 Å². The molecule has 1 aromatic rings. The van der Waals surface area contributed by atoms with Crippen LogP contribution in [0.3, 0.4) is 0 Å². The summed E-state index contributed by atoms with van der Waals surface area (Å²) in [5.74, 6) is -0.274. The maximum Gasteiger partial charge on any atom is 0.293 e. The van der Waals surface area contributed by atoms with Crippen molar-refractivity contribution in [2.45, 2.75) is 33.7 Å². The predicted octanol–water partition coefficient (Wildman–Crippen LogP) is 2.80. The summed E-state index contributed by atoms with van der Waals surface area (Å²) in [6, 6.07) is 4.52. The lowest BCUT2D eigenvalue weighted by Gasteiger charge is -2.08. The van der Waals surface area contributed by atoms with E-state index in [-0.39, 0.29) is 28.5 Å². The fraction of sp³-hybridized carbons (Fsp3) is 0.533. The highest BCUT2D eigenvalue weighted by Crippen LogP contribution is 2.62. The summed E-state index contributed by atoms with van der Waals surface area (Å²) in [5, 5.41) is 16.8. The zero-order valence-electron chi connectivity index (χ0n) is 13.0. The first-order valence-corrected chi connectivity index (χ1v) is 6.90. The first kappa shape index (κ1) is 15.3. The molecule has 0 bridgehead atoms. The molecule has 1 fully saturated rings. The number of nitrogens with one attached hydrogen (secondary N) is 2. The molecule has 114 valence electrons. The smallest absolute Gasteiger partial charge is 0.293 e. The molecule has 1 aromatic carbocycles. The summed E-state index contributed by atoms with van der Waals surface area (Å²) in [7, 11) is 1.61. The third kappa shape index (κ3) is 2.34. The second-order valence-electron chi connectivity index (χ2n) is 6.59. The summed E-state index contributed by atoms with van der Waals surface area (Å²) < 4.78 is 0. The topological polar surface area (TPSA) is 84.3 Å². The van der Waals surface area contributed by atoms with Gasteiger partial charge < -0.3 is 10.6 Å². The number of rotatable bonds is 4. The van der Waals surface area contributed by atoms with Crippen LogP contribution in [0.15, 0.2) is 18.2 Å². The maximum absolute atomic E-state index is 12.3. The number of carbonyl (C=O) groups is 1. The number of hydrogen-bond acceptors (Lipinski definition) is 4. The normalized spacial score (nSPS) is 18.9. The molecular weight excluding hydrogens is 270 g/mol. The minimum atomic E-state index is -0.492. The number of nitro benzene ring substituents is 1. The van der Waals surface area contributed by atoms with Gasteiger partial charge in [0.05, 0.1) is 4.92 Å². The van der Waals surface area contributed by atoms with Gasteiger partial charge in [-0.15, -0.1) is 0 Å². The molecule has 0 radical (unpaired) electrons. The fourth-order valence-electron chi connectivity index (χ4n) is 2.81. The van der Waals surface area contributed by atoms with Crippen LogP contribution in [-0.2, 0) is 0 Å². The Bertz CT molecular complexity index is 594. The summed E-state index contributed by atoms with van der Waals surface area (Å²) in [6.07, 6.45) is 0. The number of anilines is 1. The van der Waals surface area contributed by atoms with E-state index in [1.807, 2.05) is 0 Å². The highest BCUT2D eigenvalue weighted by Gasteiger charge is 2.65. The summed E-state index contributed by atoms with van der Waals surface area (Å²) in [4.78, 5) is 22.8. The second-order valence-corrected chi connectivity index (χ2v) is 6.59. The van der Waals surface area contributed by atoms with Gasteiger partial charge in [0.25, 0.3) is 11.6 Å². The van der Waals surface area contributed by atoms with E-state index in [0.29, 0.717) is 11.3 Å². The quantitative estimate of drug-likeness (QED) is 0.660. The Labute approximate surface area is 124 Å². The van der Waals surface area contributed by atoms with E-state index in [0.717, 1.165) is 0 Å². The van der Waals surface area contributed by atoms with Crippen molar-refractivity contribution in [3.63, 3.8) is 0 Å². The lowest BCUT2D eigenvalue weighted by atomic mass is 10.0. The number of carbonyl (C=O) groups excluding carboxylic acids is 1. The first-order valence-electron chi connectivity index (χ1n) is 6.90. The van der Waals surface area contributed by atoms with Gasteiger partial charge in [0, 0.05) is 24.7 Å². The molecule has 0 atom stereocenters. The van der Waals surface area contributed by atoms with E-state index in [1.165, 1.54) is 6.07 Å². The molecule has 0 saturated heterocycles. The van der Waals surface area contributed by atoms with E-state index < -0.39 is 4.92 Å². The third-order valence-electron chi connectivity index (χ3n) is 5.02. The highest BCUT2D eigenvalue weighted by molar-refractivity contribution is 5.96. The summed E-state index contributed by atoms with van der Waals surface area (Å²) in [5.41, 5.74) is 0.654. The lowest BCUT2D eigenvalue weighted by molar-refractivity contribution is -0.384. The zero-order chi connectivity index (χ0) is 16.0. The van der Waals surface area contributed by atoms with Crippen LogP contribution in [0, 0.1) is 20.9 Å². The standard InChI is InChI=1S/C15H21N3O3/c1-14(2)13(15(14,3)4)17-12(19)9-6-7-10(16-5)11(8-9)18(20)21/h6-8,13,16H,1-5H3,(H,17,19). The molecule has 2 rings (SSSR count). The average Bonchev–Trinajstić information content (AvgIpc) is 2.80. The van der Waals surface area contributed by atoms with Gasteiger partial charge in [-0.25, -0.2) is 0 Å². The van der Waals surface area contributed by atoms with Gasteiger partial charge >= 0.3 is 0 Å². The summed E-state index contributed by atoms with van der Waals surface area (Å²) >= 11 is 0. The van der Waals surface area contributed by atoms with Crippen molar-refractivity contribution in [2.24, 2.45) is 10.8 Å². The van der Waals surface area contributed by atoms with Crippen LogP contribution >= 0.6 is 0 Å². The van der Waals surface area contributed by atoms with Crippen molar-refractivity contribution in [3.8, 4) is 0 Å². The Balaban J connectivity index is 2.22. The van der Waals surface area contributed by atoms with Crippen LogP contribution in [0.5, 0.6) is 0 Å². The van der Waals surface area contributed by atoms with Crippen molar-refractivity contribution < 1.29 is 9.72 Å². The Kier molecular flexibility index (Phi) is 3.43. The molecule has 1 aliphatic carbocycles.